The number of ether oxygens (including phenoxy) is 2. The summed E-state index contributed by atoms with van der Waals surface area (Å²) in [5.41, 5.74) is 0.624. The molecule has 0 radical (unpaired) electrons. The monoisotopic (exact) mass is 341 g/mol. The molecule has 0 saturated carbocycles. The molecular weight excluding hydrogens is 322 g/mol. The average Bonchev–Trinajstić information content (AvgIpc) is 2.96. The second-order valence-corrected chi connectivity index (χ2v) is 5.69. The van der Waals surface area contributed by atoms with Crippen molar-refractivity contribution < 1.29 is 14.3 Å². The minimum Gasteiger partial charge on any atom is -0.492 e. The van der Waals surface area contributed by atoms with Gasteiger partial charge >= 0.3 is 0 Å². The summed E-state index contributed by atoms with van der Waals surface area (Å²) >= 11 is 3.43. The van der Waals surface area contributed by atoms with Gasteiger partial charge in [-0.1, -0.05) is 6.92 Å². The Kier molecular flexibility index (Phi) is 5.86. The minimum absolute atomic E-state index is 0.0803. The number of carbonyl (C=O) groups excluding carboxylic acids is 1. The Morgan fingerprint density at radius 2 is 2.40 bits per heavy atom. The van der Waals surface area contributed by atoms with Crippen molar-refractivity contribution in [2.24, 2.45) is 0 Å². The molecular formula is C15H20BrNO3. The quantitative estimate of drug-likeness (QED) is 0.864. The van der Waals surface area contributed by atoms with E-state index in [4.69, 9.17) is 9.47 Å². The third-order valence-corrected chi connectivity index (χ3v) is 3.79. The van der Waals surface area contributed by atoms with Gasteiger partial charge in [-0.15, -0.1) is 0 Å². The molecule has 1 N–H and O–H groups in total. The molecule has 1 amide bonds. The average molecular weight is 342 g/mol. The van der Waals surface area contributed by atoms with Crippen LogP contribution in [0.2, 0.25) is 0 Å². The summed E-state index contributed by atoms with van der Waals surface area (Å²) in [5.74, 6) is 0.686. The van der Waals surface area contributed by atoms with Crippen molar-refractivity contribution in [3.8, 4) is 5.75 Å². The first-order valence-electron chi connectivity index (χ1n) is 7.03. The molecule has 1 saturated heterocycles. The molecule has 1 atom stereocenters. The molecule has 1 aromatic carbocycles. The number of amides is 1. The van der Waals surface area contributed by atoms with E-state index in [-0.39, 0.29) is 12.0 Å². The second-order valence-electron chi connectivity index (χ2n) is 4.84. The number of benzene rings is 1. The maximum atomic E-state index is 12.1. The number of carbonyl (C=O) groups is 1. The van der Waals surface area contributed by atoms with E-state index in [9.17, 15) is 4.79 Å². The molecule has 2 rings (SSSR count). The van der Waals surface area contributed by atoms with E-state index in [0.29, 0.717) is 18.7 Å². The van der Waals surface area contributed by atoms with E-state index in [1.54, 1.807) is 12.1 Å². The third-order valence-electron chi connectivity index (χ3n) is 3.17. The largest absolute Gasteiger partial charge is 0.492 e. The van der Waals surface area contributed by atoms with Crippen molar-refractivity contribution >= 4 is 21.8 Å². The molecule has 5 heteroatoms. The Bertz CT molecular complexity index is 458. The van der Waals surface area contributed by atoms with E-state index in [0.717, 1.165) is 36.1 Å². The molecule has 110 valence electrons. The maximum absolute atomic E-state index is 12.1. The summed E-state index contributed by atoms with van der Waals surface area (Å²) in [4.78, 5) is 12.1. The summed E-state index contributed by atoms with van der Waals surface area (Å²) in [6.45, 7) is 4.10. The molecule has 1 fully saturated rings. The van der Waals surface area contributed by atoms with E-state index in [1.165, 1.54) is 0 Å². The zero-order valence-electron chi connectivity index (χ0n) is 11.7. The van der Waals surface area contributed by atoms with Gasteiger partial charge in [0, 0.05) is 18.7 Å². The number of nitrogens with one attached hydrogen (secondary N) is 1. The fourth-order valence-corrected chi connectivity index (χ4v) is 2.58. The predicted octanol–water partition coefficient (Wildman–Crippen LogP) is 3.15. The van der Waals surface area contributed by atoms with Crippen molar-refractivity contribution in [2.45, 2.75) is 32.3 Å². The summed E-state index contributed by atoms with van der Waals surface area (Å²) in [6, 6.07) is 5.39. The van der Waals surface area contributed by atoms with Crippen LogP contribution in [0.3, 0.4) is 0 Å². The van der Waals surface area contributed by atoms with Gasteiger partial charge in [0.2, 0.25) is 0 Å². The Hall–Kier alpha value is -1.07. The predicted molar refractivity (Wildman–Crippen MR) is 81.2 cm³/mol. The standard InChI is InChI=1S/C15H20BrNO3/c1-2-7-20-14-6-5-11(9-13(14)16)15(18)17-10-12-4-3-8-19-12/h5-6,9,12H,2-4,7-8,10H2,1H3,(H,17,18)/t12-/m0/s1. The minimum atomic E-state index is -0.0803. The molecule has 0 aliphatic carbocycles. The molecule has 1 aliphatic rings. The van der Waals surface area contributed by atoms with E-state index in [1.807, 2.05) is 6.07 Å². The van der Waals surface area contributed by atoms with Crippen molar-refractivity contribution in [3.05, 3.63) is 28.2 Å². The molecule has 0 bridgehead atoms. The summed E-state index contributed by atoms with van der Waals surface area (Å²) in [5, 5.41) is 2.91. The van der Waals surface area contributed by atoms with Gasteiger partial charge in [-0.2, -0.15) is 0 Å². The Morgan fingerprint density at radius 3 is 3.05 bits per heavy atom. The van der Waals surface area contributed by atoms with Gasteiger partial charge in [0.15, 0.2) is 0 Å². The van der Waals surface area contributed by atoms with Gasteiger partial charge in [0.05, 0.1) is 17.2 Å². The van der Waals surface area contributed by atoms with Gasteiger partial charge in [-0.3, -0.25) is 4.79 Å². The Labute approximate surface area is 128 Å². The van der Waals surface area contributed by atoms with Crippen LogP contribution in [0.4, 0.5) is 0 Å². The van der Waals surface area contributed by atoms with Crippen molar-refractivity contribution in [2.75, 3.05) is 19.8 Å². The number of rotatable bonds is 6. The first-order valence-corrected chi connectivity index (χ1v) is 7.82. The van der Waals surface area contributed by atoms with Gasteiger partial charge in [-0.05, 0) is 53.4 Å². The second kappa shape index (κ2) is 7.64. The van der Waals surface area contributed by atoms with Gasteiger partial charge < -0.3 is 14.8 Å². The third kappa shape index (κ3) is 4.21. The van der Waals surface area contributed by atoms with Crippen LogP contribution >= 0.6 is 15.9 Å². The molecule has 1 heterocycles. The molecule has 0 unspecified atom stereocenters. The van der Waals surface area contributed by atoms with Crippen LogP contribution in [-0.2, 0) is 4.74 Å². The smallest absolute Gasteiger partial charge is 0.251 e. The summed E-state index contributed by atoms with van der Waals surface area (Å²) in [6.07, 6.45) is 3.22. The SMILES string of the molecule is CCCOc1ccc(C(=O)NC[C@@H]2CCCO2)cc1Br. The van der Waals surface area contributed by atoms with Crippen LogP contribution < -0.4 is 10.1 Å². The van der Waals surface area contributed by atoms with E-state index >= 15 is 0 Å². The highest BCUT2D eigenvalue weighted by atomic mass is 79.9. The number of hydrogen-bond acceptors (Lipinski definition) is 3. The Balaban J connectivity index is 1.90. The lowest BCUT2D eigenvalue weighted by atomic mass is 10.2. The molecule has 20 heavy (non-hydrogen) atoms. The number of halogens is 1. The molecule has 0 aromatic heterocycles. The van der Waals surface area contributed by atoms with Crippen LogP contribution in [0.1, 0.15) is 36.5 Å². The van der Waals surface area contributed by atoms with Crippen molar-refractivity contribution in [1.82, 2.24) is 5.32 Å². The van der Waals surface area contributed by atoms with Gasteiger partial charge in [0.25, 0.3) is 5.91 Å². The normalized spacial score (nSPS) is 18.0. The Morgan fingerprint density at radius 1 is 1.55 bits per heavy atom. The van der Waals surface area contributed by atoms with E-state index in [2.05, 4.69) is 28.2 Å². The lowest BCUT2D eigenvalue weighted by molar-refractivity contribution is 0.0857. The lowest BCUT2D eigenvalue weighted by Crippen LogP contribution is -2.31. The lowest BCUT2D eigenvalue weighted by Gasteiger charge is -2.12. The first kappa shape index (κ1) is 15.3. The zero-order chi connectivity index (χ0) is 14.4. The van der Waals surface area contributed by atoms with Crippen molar-refractivity contribution in [1.29, 1.82) is 0 Å². The first-order chi connectivity index (χ1) is 9.70. The number of hydrogen-bond donors (Lipinski definition) is 1. The summed E-state index contributed by atoms with van der Waals surface area (Å²) in [7, 11) is 0. The molecule has 4 nitrogen and oxygen atoms in total. The van der Waals surface area contributed by atoms with Gasteiger partial charge in [0.1, 0.15) is 5.75 Å². The van der Waals surface area contributed by atoms with Crippen LogP contribution in [0.5, 0.6) is 5.75 Å². The van der Waals surface area contributed by atoms with Crippen LogP contribution in [0, 0.1) is 0 Å². The highest BCUT2D eigenvalue weighted by molar-refractivity contribution is 9.10. The van der Waals surface area contributed by atoms with Crippen molar-refractivity contribution in [3.63, 3.8) is 0 Å². The van der Waals surface area contributed by atoms with E-state index < -0.39 is 0 Å². The highest BCUT2D eigenvalue weighted by Gasteiger charge is 2.17. The zero-order valence-corrected chi connectivity index (χ0v) is 13.2. The summed E-state index contributed by atoms with van der Waals surface area (Å²) < 4.78 is 11.8. The van der Waals surface area contributed by atoms with Gasteiger partial charge in [-0.25, -0.2) is 0 Å². The maximum Gasteiger partial charge on any atom is 0.251 e. The van der Waals surface area contributed by atoms with Crippen LogP contribution in [0.15, 0.2) is 22.7 Å². The molecule has 1 aromatic rings. The van der Waals surface area contributed by atoms with Crippen LogP contribution in [-0.4, -0.2) is 31.8 Å². The fraction of sp³-hybridized carbons (Fsp3) is 0.533. The molecule has 1 aliphatic heterocycles. The van der Waals surface area contributed by atoms with Crippen LogP contribution in [0.25, 0.3) is 0 Å². The fourth-order valence-electron chi connectivity index (χ4n) is 2.09. The highest BCUT2D eigenvalue weighted by Crippen LogP contribution is 2.26. The molecule has 0 spiro atoms. The topological polar surface area (TPSA) is 47.6 Å².